The predicted molar refractivity (Wildman–Crippen MR) is 67.2 cm³/mol. The van der Waals surface area contributed by atoms with Gasteiger partial charge in [-0.15, -0.1) is 0 Å². The lowest BCUT2D eigenvalue weighted by molar-refractivity contribution is 0.0939. The number of ketones is 1. The van der Waals surface area contributed by atoms with Crippen LogP contribution >= 0.6 is 0 Å². The monoisotopic (exact) mass is 237 g/mol. The molecule has 94 valence electrons. The highest BCUT2D eigenvalue weighted by Gasteiger charge is 2.12. The summed E-state index contributed by atoms with van der Waals surface area (Å²) in [4.78, 5) is 11.7. The molecule has 17 heavy (non-hydrogen) atoms. The molecule has 4 heteroatoms. The maximum absolute atomic E-state index is 11.7. The van der Waals surface area contributed by atoms with E-state index in [1.165, 1.54) is 0 Å². The number of ether oxygens (including phenoxy) is 1. The number of benzene rings is 1. The third-order valence-corrected chi connectivity index (χ3v) is 2.38. The van der Waals surface area contributed by atoms with E-state index in [0.717, 1.165) is 0 Å². The molecule has 0 aliphatic rings. The Morgan fingerprint density at radius 1 is 1.47 bits per heavy atom. The van der Waals surface area contributed by atoms with Crippen molar-refractivity contribution in [2.24, 2.45) is 5.92 Å². The summed E-state index contributed by atoms with van der Waals surface area (Å²) in [6.07, 6.45) is 0.562. The fraction of sp³-hybridized carbons (Fsp3) is 0.462. The van der Waals surface area contributed by atoms with Crippen molar-refractivity contribution in [3.8, 4) is 5.75 Å². The Labute approximate surface area is 101 Å². The number of carbonyl (C=O) groups excluding carboxylic acids is 1. The summed E-state index contributed by atoms with van der Waals surface area (Å²) < 4.78 is 5.38. The van der Waals surface area contributed by atoms with Crippen LogP contribution in [0.4, 0.5) is 5.69 Å². The highest BCUT2D eigenvalue weighted by Crippen LogP contribution is 2.24. The van der Waals surface area contributed by atoms with Crippen molar-refractivity contribution in [3.63, 3.8) is 0 Å². The summed E-state index contributed by atoms with van der Waals surface area (Å²) in [6.45, 7) is 4.20. The van der Waals surface area contributed by atoms with E-state index in [2.05, 4.69) is 0 Å². The van der Waals surface area contributed by atoms with Gasteiger partial charge in [0.25, 0.3) is 0 Å². The van der Waals surface area contributed by atoms with E-state index < -0.39 is 0 Å². The Morgan fingerprint density at radius 3 is 2.71 bits per heavy atom. The van der Waals surface area contributed by atoms with Crippen LogP contribution in [0.25, 0.3) is 0 Å². The van der Waals surface area contributed by atoms with Crippen LogP contribution in [0.2, 0.25) is 0 Å². The van der Waals surface area contributed by atoms with Gasteiger partial charge in [0, 0.05) is 24.5 Å². The van der Waals surface area contributed by atoms with Gasteiger partial charge in [0.05, 0.1) is 12.3 Å². The second-order valence-corrected chi connectivity index (χ2v) is 4.20. The maximum atomic E-state index is 11.7. The summed E-state index contributed by atoms with van der Waals surface area (Å²) in [5.41, 5.74) is 6.86. The normalized spacial score (nSPS) is 10.6. The first kappa shape index (κ1) is 13.5. The number of anilines is 1. The molecule has 0 unspecified atom stereocenters. The number of aliphatic hydroxyl groups excluding tert-OH is 1. The van der Waals surface area contributed by atoms with Gasteiger partial charge in [0.15, 0.2) is 5.78 Å². The van der Waals surface area contributed by atoms with E-state index in [0.29, 0.717) is 30.0 Å². The SMILES string of the molecule is CC(C)C(=O)c1ccc(OCCCO)c(N)c1. The molecule has 0 saturated heterocycles. The molecule has 0 bridgehead atoms. The molecule has 0 aliphatic carbocycles. The Balaban J connectivity index is 2.75. The molecular weight excluding hydrogens is 218 g/mol. The van der Waals surface area contributed by atoms with Crippen LogP contribution in [0.15, 0.2) is 18.2 Å². The maximum Gasteiger partial charge on any atom is 0.165 e. The van der Waals surface area contributed by atoms with Gasteiger partial charge in [-0.25, -0.2) is 0 Å². The van der Waals surface area contributed by atoms with Gasteiger partial charge in [-0.3, -0.25) is 4.79 Å². The van der Waals surface area contributed by atoms with Gasteiger partial charge in [-0.1, -0.05) is 13.8 Å². The van der Waals surface area contributed by atoms with Crippen molar-refractivity contribution >= 4 is 11.5 Å². The zero-order chi connectivity index (χ0) is 12.8. The summed E-state index contributed by atoms with van der Waals surface area (Å²) >= 11 is 0. The van der Waals surface area contributed by atoms with Gasteiger partial charge in [-0.2, -0.15) is 0 Å². The number of hydrogen-bond acceptors (Lipinski definition) is 4. The predicted octanol–water partition coefficient (Wildman–Crippen LogP) is 1.87. The molecular formula is C13H19NO3. The van der Waals surface area contributed by atoms with E-state index in [1.807, 2.05) is 13.8 Å². The molecule has 0 radical (unpaired) electrons. The third-order valence-electron chi connectivity index (χ3n) is 2.38. The quantitative estimate of drug-likeness (QED) is 0.450. The van der Waals surface area contributed by atoms with E-state index in [9.17, 15) is 4.79 Å². The summed E-state index contributed by atoms with van der Waals surface area (Å²) in [5.74, 6) is 0.577. The number of nitrogens with two attached hydrogens (primary N) is 1. The van der Waals surface area contributed by atoms with Gasteiger partial charge >= 0.3 is 0 Å². The van der Waals surface area contributed by atoms with Crippen molar-refractivity contribution in [1.82, 2.24) is 0 Å². The second kappa shape index (κ2) is 6.25. The van der Waals surface area contributed by atoms with Crippen molar-refractivity contribution < 1.29 is 14.6 Å². The number of nitrogen functional groups attached to an aromatic ring is 1. The van der Waals surface area contributed by atoms with Crippen LogP contribution in [-0.4, -0.2) is 24.1 Å². The minimum atomic E-state index is -0.0458. The zero-order valence-corrected chi connectivity index (χ0v) is 10.3. The van der Waals surface area contributed by atoms with Crippen LogP contribution in [0, 0.1) is 5.92 Å². The van der Waals surface area contributed by atoms with Crippen molar-refractivity contribution in [3.05, 3.63) is 23.8 Å². The molecule has 1 aromatic rings. The molecule has 4 nitrogen and oxygen atoms in total. The van der Waals surface area contributed by atoms with Gasteiger partial charge < -0.3 is 15.6 Å². The average molecular weight is 237 g/mol. The standard InChI is InChI=1S/C13H19NO3/c1-9(2)13(16)10-4-5-12(11(14)8-10)17-7-3-6-15/h4-5,8-9,15H,3,6-7,14H2,1-2H3. The fourth-order valence-corrected chi connectivity index (χ4v) is 1.41. The first-order valence-electron chi connectivity index (χ1n) is 5.73. The lowest BCUT2D eigenvalue weighted by Gasteiger charge is -2.10. The molecule has 3 N–H and O–H groups in total. The van der Waals surface area contributed by atoms with Gasteiger partial charge in [-0.05, 0) is 18.2 Å². The number of Topliss-reactive ketones (excluding diaryl/α,β-unsaturated/α-hetero) is 1. The summed E-state index contributed by atoms with van der Waals surface area (Å²) in [5, 5.41) is 8.64. The highest BCUT2D eigenvalue weighted by atomic mass is 16.5. The summed E-state index contributed by atoms with van der Waals surface area (Å²) in [6, 6.07) is 5.05. The molecule has 1 aromatic carbocycles. The highest BCUT2D eigenvalue weighted by molar-refractivity contribution is 5.98. The average Bonchev–Trinajstić information content (AvgIpc) is 2.30. The molecule has 0 aromatic heterocycles. The number of rotatable bonds is 6. The van der Waals surface area contributed by atoms with Crippen LogP contribution in [0.3, 0.4) is 0 Å². The number of carbonyl (C=O) groups is 1. The second-order valence-electron chi connectivity index (χ2n) is 4.20. The first-order chi connectivity index (χ1) is 8.06. The van der Waals surface area contributed by atoms with Gasteiger partial charge in [0.1, 0.15) is 5.75 Å². The Bertz CT molecular complexity index is 388. The minimum absolute atomic E-state index is 0.0458. The molecule has 0 fully saturated rings. The molecule has 0 atom stereocenters. The van der Waals surface area contributed by atoms with Crippen LogP contribution in [0.5, 0.6) is 5.75 Å². The Kier molecular flexibility index (Phi) is 4.97. The topological polar surface area (TPSA) is 72.5 Å². The first-order valence-corrected chi connectivity index (χ1v) is 5.73. The largest absolute Gasteiger partial charge is 0.491 e. The van der Waals surface area contributed by atoms with Crippen molar-refractivity contribution in [2.45, 2.75) is 20.3 Å². The zero-order valence-electron chi connectivity index (χ0n) is 10.3. The minimum Gasteiger partial charge on any atom is -0.491 e. The smallest absolute Gasteiger partial charge is 0.165 e. The molecule has 0 spiro atoms. The van der Waals surface area contributed by atoms with Crippen LogP contribution in [-0.2, 0) is 0 Å². The van der Waals surface area contributed by atoms with E-state index >= 15 is 0 Å². The van der Waals surface area contributed by atoms with E-state index in [4.69, 9.17) is 15.6 Å². The molecule has 0 aliphatic heterocycles. The van der Waals surface area contributed by atoms with Gasteiger partial charge in [0.2, 0.25) is 0 Å². The molecule has 0 heterocycles. The van der Waals surface area contributed by atoms with E-state index in [1.54, 1.807) is 18.2 Å². The Morgan fingerprint density at radius 2 is 2.18 bits per heavy atom. The number of aliphatic hydroxyl groups is 1. The van der Waals surface area contributed by atoms with Crippen molar-refractivity contribution in [1.29, 1.82) is 0 Å². The molecule has 0 saturated carbocycles. The molecule has 0 amide bonds. The van der Waals surface area contributed by atoms with Crippen LogP contribution < -0.4 is 10.5 Å². The molecule has 1 rings (SSSR count). The number of hydrogen-bond donors (Lipinski definition) is 2. The summed E-state index contributed by atoms with van der Waals surface area (Å²) in [7, 11) is 0. The van der Waals surface area contributed by atoms with E-state index in [-0.39, 0.29) is 18.3 Å². The fourth-order valence-electron chi connectivity index (χ4n) is 1.41. The van der Waals surface area contributed by atoms with Crippen LogP contribution in [0.1, 0.15) is 30.6 Å². The Hall–Kier alpha value is -1.55. The lowest BCUT2D eigenvalue weighted by Crippen LogP contribution is -2.09. The van der Waals surface area contributed by atoms with Crippen molar-refractivity contribution in [2.75, 3.05) is 18.9 Å². The third kappa shape index (κ3) is 3.75. The lowest BCUT2D eigenvalue weighted by atomic mass is 10.0.